The van der Waals surface area contributed by atoms with Crippen molar-refractivity contribution in [2.45, 2.75) is 25.9 Å². The van der Waals surface area contributed by atoms with Crippen LogP contribution in [0, 0.1) is 0 Å². The molecule has 2 amide bonds. The van der Waals surface area contributed by atoms with E-state index >= 15 is 0 Å². The summed E-state index contributed by atoms with van der Waals surface area (Å²) in [6, 6.07) is 5.49. The van der Waals surface area contributed by atoms with E-state index in [-0.39, 0.29) is 30.4 Å². The van der Waals surface area contributed by atoms with Gasteiger partial charge in [0.25, 0.3) is 5.91 Å². The summed E-state index contributed by atoms with van der Waals surface area (Å²) in [5.41, 5.74) is 0.321. The molecule has 0 radical (unpaired) electrons. The van der Waals surface area contributed by atoms with Crippen molar-refractivity contribution in [2.75, 3.05) is 19.6 Å². The van der Waals surface area contributed by atoms with Crippen molar-refractivity contribution in [1.29, 1.82) is 0 Å². The van der Waals surface area contributed by atoms with Crippen LogP contribution < -0.4 is 10.6 Å². The Balaban J connectivity index is 1.87. The number of carbonyl (C=O) groups excluding carboxylic acids is 2. The lowest BCUT2D eigenvalue weighted by atomic mass is 10.1. The number of hydrogen-bond acceptors (Lipinski definition) is 4. The highest BCUT2D eigenvalue weighted by Crippen LogP contribution is 2.08. The number of nitrogens with one attached hydrogen (secondary N) is 2. The predicted molar refractivity (Wildman–Crippen MR) is 75.2 cm³/mol. The van der Waals surface area contributed by atoms with Gasteiger partial charge in [0.1, 0.15) is 5.69 Å². The number of amides is 2. The Kier molecular flexibility index (Phi) is 4.68. The summed E-state index contributed by atoms with van der Waals surface area (Å²) < 4.78 is 0. The number of rotatable bonds is 3. The molecule has 1 aliphatic rings. The normalized spacial score (nSPS) is 22.4. The summed E-state index contributed by atoms with van der Waals surface area (Å²) in [4.78, 5) is 29.7. The lowest BCUT2D eigenvalue weighted by molar-refractivity contribution is -0.133. The molecule has 0 spiro atoms. The summed E-state index contributed by atoms with van der Waals surface area (Å²) in [5.74, 6) is -0.384. The molecule has 1 saturated heterocycles. The van der Waals surface area contributed by atoms with E-state index < -0.39 is 0 Å². The summed E-state index contributed by atoms with van der Waals surface area (Å²) in [6.07, 6.45) is 1.55. The number of pyridine rings is 1. The van der Waals surface area contributed by atoms with E-state index in [9.17, 15) is 9.59 Å². The van der Waals surface area contributed by atoms with Crippen molar-refractivity contribution >= 4 is 11.8 Å². The molecule has 1 aromatic heterocycles. The molecule has 0 saturated carbocycles. The van der Waals surface area contributed by atoms with Gasteiger partial charge in [-0.2, -0.15) is 0 Å². The molecule has 1 aromatic rings. The maximum absolute atomic E-state index is 12.2. The number of aromatic nitrogens is 1. The lowest BCUT2D eigenvalue weighted by Crippen LogP contribution is -2.58. The fourth-order valence-corrected chi connectivity index (χ4v) is 2.25. The highest BCUT2D eigenvalue weighted by molar-refractivity contribution is 5.94. The molecular formula is C14H20N4O2. The van der Waals surface area contributed by atoms with Gasteiger partial charge in [0, 0.05) is 31.4 Å². The predicted octanol–water partition coefficient (Wildman–Crippen LogP) is 0.0202. The average Bonchev–Trinajstić information content (AvgIpc) is 2.48. The first-order valence-corrected chi connectivity index (χ1v) is 6.81. The van der Waals surface area contributed by atoms with E-state index in [4.69, 9.17) is 0 Å². The van der Waals surface area contributed by atoms with Crippen LogP contribution in [0.25, 0.3) is 0 Å². The third-order valence-corrected chi connectivity index (χ3v) is 3.65. The van der Waals surface area contributed by atoms with Gasteiger partial charge in [-0.3, -0.25) is 14.6 Å². The Morgan fingerprint density at radius 3 is 2.95 bits per heavy atom. The van der Waals surface area contributed by atoms with Crippen LogP contribution in [-0.2, 0) is 4.79 Å². The zero-order valence-electron chi connectivity index (χ0n) is 11.8. The SMILES string of the molecule is CC1NCCN(C(=O)CNC(=O)c2ccccn2)C1C. The summed E-state index contributed by atoms with van der Waals surface area (Å²) in [7, 11) is 0. The van der Waals surface area contributed by atoms with Gasteiger partial charge in [-0.1, -0.05) is 6.07 Å². The molecule has 2 heterocycles. The van der Waals surface area contributed by atoms with Gasteiger partial charge in [0.15, 0.2) is 0 Å². The van der Waals surface area contributed by atoms with Gasteiger partial charge in [-0.15, -0.1) is 0 Å². The molecule has 1 fully saturated rings. The van der Waals surface area contributed by atoms with E-state index in [2.05, 4.69) is 22.5 Å². The maximum atomic E-state index is 12.2. The van der Waals surface area contributed by atoms with Crippen molar-refractivity contribution in [1.82, 2.24) is 20.5 Å². The molecule has 2 atom stereocenters. The monoisotopic (exact) mass is 276 g/mol. The van der Waals surface area contributed by atoms with E-state index in [1.807, 2.05) is 6.92 Å². The van der Waals surface area contributed by atoms with Gasteiger partial charge in [0.2, 0.25) is 5.91 Å². The van der Waals surface area contributed by atoms with Gasteiger partial charge < -0.3 is 15.5 Å². The molecule has 20 heavy (non-hydrogen) atoms. The Bertz CT molecular complexity index is 477. The van der Waals surface area contributed by atoms with Crippen molar-refractivity contribution < 1.29 is 9.59 Å². The first-order chi connectivity index (χ1) is 9.59. The van der Waals surface area contributed by atoms with E-state index in [1.54, 1.807) is 29.3 Å². The second-order valence-electron chi connectivity index (χ2n) is 4.97. The molecule has 1 aliphatic heterocycles. The third-order valence-electron chi connectivity index (χ3n) is 3.65. The van der Waals surface area contributed by atoms with Crippen molar-refractivity contribution in [3.05, 3.63) is 30.1 Å². The number of hydrogen-bond donors (Lipinski definition) is 2. The quantitative estimate of drug-likeness (QED) is 0.816. The molecule has 0 aliphatic carbocycles. The third kappa shape index (κ3) is 3.33. The second kappa shape index (κ2) is 6.47. The first-order valence-electron chi connectivity index (χ1n) is 6.81. The summed E-state index contributed by atoms with van der Waals surface area (Å²) in [5, 5.41) is 5.93. The lowest BCUT2D eigenvalue weighted by Gasteiger charge is -2.38. The zero-order valence-corrected chi connectivity index (χ0v) is 11.8. The molecule has 2 unspecified atom stereocenters. The standard InChI is InChI=1S/C14H20N4O2/c1-10-11(2)18(8-7-15-10)13(19)9-17-14(20)12-5-3-4-6-16-12/h3-6,10-11,15H,7-9H2,1-2H3,(H,17,20). The minimum absolute atomic E-state index is 0.00642. The topological polar surface area (TPSA) is 74.3 Å². The average molecular weight is 276 g/mol. The molecule has 6 heteroatoms. The van der Waals surface area contributed by atoms with E-state index in [0.717, 1.165) is 6.54 Å². The Morgan fingerprint density at radius 2 is 2.25 bits per heavy atom. The number of nitrogens with zero attached hydrogens (tertiary/aromatic N) is 2. The number of piperazine rings is 1. The fraction of sp³-hybridized carbons (Fsp3) is 0.500. The molecule has 6 nitrogen and oxygen atoms in total. The highest BCUT2D eigenvalue weighted by atomic mass is 16.2. The fourth-order valence-electron chi connectivity index (χ4n) is 2.25. The van der Waals surface area contributed by atoms with Gasteiger partial charge >= 0.3 is 0 Å². The van der Waals surface area contributed by atoms with E-state index in [1.165, 1.54) is 0 Å². The maximum Gasteiger partial charge on any atom is 0.270 e. The molecule has 2 rings (SSSR count). The smallest absolute Gasteiger partial charge is 0.270 e. The largest absolute Gasteiger partial charge is 0.342 e. The highest BCUT2D eigenvalue weighted by Gasteiger charge is 2.27. The molecule has 0 aromatic carbocycles. The van der Waals surface area contributed by atoms with Crippen LogP contribution in [0.2, 0.25) is 0 Å². The van der Waals surface area contributed by atoms with Crippen LogP contribution in [-0.4, -0.2) is 53.4 Å². The summed E-state index contributed by atoms with van der Waals surface area (Å²) in [6.45, 7) is 5.52. The van der Waals surface area contributed by atoms with Gasteiger partial charge in [0.05, 0.1) is 6.54 Å². The van der Waals surface area contributed by atoms with Crippen LogP contribution >= 0.6 is 0 Å². The first kappa shape index (κ1) is 14.5. The second-order valence-corrected chi connectivity index (χ2v) is 4.97. The van der Waals surface area contributed by atoms with Crippen LogP contribution in [0.1, 0.15) is 24.3 Å². The van der Waals surface area contributed by atoms with Crippen LogP contribution in [0.4, 0.5) is 0 Å². The minimum Gasteiger partial charge on any atom is -0.342 e. The van der Waals surface area contributed by atoms with E-state index in [0.29, 0.717) is 12.2 Å². The van der Waals surface area contributed by atoms with Gasteiger partial charge in [-0.25, -0.2) is 0 Å². The molecular weight excluding hydrogens is 256 g/mol. The Morgan fingerprint density at radius 1 is 1.45 bits per heavy atom. The minimum atomic E-state index is -0.324. The zero-order chi connectivity index (χ0) is 14.5. The Labute approximate surface area is 118 Å². The number of carbonyl (C=O) groups is 2. The van der Waals surface area contributed by atoms with Crippen molar-refractivity contribution in [2.24, 2.45) is 0 Å². The van der Waals surface area contributed by atoms with Crippen molar-refractivity contribution in [3.63, 3.8) is 0 Å². The van der Waals surface area contributed by atoms with Crippen LogP contribution in [0.3, 0.4) is 0 Å². The molecule has 108 valence electrons. The molecule has 2 N–H and O–H groups in total. The summed E-state index contributed by atoms with van der Waals surface area (Å²) >= 11 is 0. The molecule has 0 bridgehead atoms. The van der Waals surface area contributed by atoms with Crippen LogP contribution in [0.15, 0.2) is 24.4 Å². The van der Waals surface area contributed by atoms with Crippen LogP contribution in [0.5, 0.6) is 0 Å². The van der Waals surface area contributed by atoms with Crippen molar-refractivity contribution in [3.8, 4) is 0 Å². The van der Waals surface area contributed by atoms with Gasteiger partial charge in [-0.05, 0) is 26.0 Å². The Hall–Kier alpha value is -1.95.